The van der Waals surface area contributed by atoms with Crippen LogP contribution in [0.1, 0.15) is 12.0 Å². The predicted molar refractivity (Wildman–Crippen MR) is 139 cm³/mol. The van der Waals surface area contributed by atoms with Crippen molar-refractivity contribution in [1.29, 1.82) is 0 Å². The Bertz CT molecular complexity index is 1320. The van der Waals surface area contributed by atoms with E-state index in [4.69, 9.17) is 15.2 Å². The molecule has 0 radical (unpaired) electrons. The second-order valence-electron chi connectivity index (χ2n) is 10.7. The number of hydrogen-bond acceptors (Lipinski definition) is 7. The summed E-state index contributed by atoms with van der Waals surface area (Å²) in [6.07, 6.45) is 2.81. The summed E-state index contributed by atoms with van der Waals surface area (Å²) in [6.45, 7) is 9.57. The number of ether oxygens (including phenoxy) is 2. The molecule has 37 heavy (non-hydrogen) atoms. The average molecular weight is 504 g/mol. The highest BCUT2D eigenvalue weighted by Gasteiger charge is 2.71. The van der Waals surface area contributed by atoms with Crippen molar-refractivity contribution in [2.24, 2.45) is 0 Å². The minimum absolute atomic E-state index is 0.0762. The topological polar surface area (TPSA) is 76.7 Å². The molecule has 3 fully saturated rings. The number of quaternary nitrogens is 1. The second kappa shape index (κ2) is 8.56. The van der Waals surface area contributed by atoms with Crippen molar-refractivity contribution in [2.75, 3.05) is 76.2 Å². The molecule has 4 aliphatic rings. The molecule has 2 N–H and O–H groups in total. The van der Waals surface area contributed by atoms with E-state index in [1.54, 1.807) is 12.1 Å². The number of nitrogen functional groups attached to an aromatic ring is 1. The lowest BCUT2D eigenvalue weighted by Gasteiger charge is -2.40. The number of nitrogens with two attached hydrogens (primary N) is 1. The molecule has 3 saturated heterocycles. The van der Waals surface area contributed by atoms with Gasteiger partial charge in [-0.1, -0.05) is 12.1 Å². The third kappa shape index (κ3) is 3.71. The van der Waals surface area contributed by atoms with E-state index < -0.39 is 0 Å². The zero-order chi connectivity index (χ0) is 25.0. The highest BCUT2D eigenvalue weighted by Crippen LogP contribution is 2.54. The van der Waals surface area contributed by atoms with Crippen molar-refractivity contribution in [3.63, 3.8) is 0 Å². The van der Waals surface area contributed by atoms with Crippen LogP contribution < -0.4 is 20.1 Å². The average Bonchev–Trinajstić information content (AvgIpc) is 3.53. The van der Waals surface area contributed by atoms with Crippen LogP contribution in [-0.2, 0) is 5.54 Å². The zero-order valence-electron chi connectivity index (χ0n) is 20.9. The first-order chi connectivity index (χ1) is 18.1. The number of rotatable bonds is 5. The maximum Gasteiger partial charge on any atom is 0.187 e. The fraction of sp³-hybridized carbons (Fsp3) is 0.429. The lowest BCUT2D eigenvalue weighted by molar-refractivity contribution is -0.835. The van der Waals surface area contributed by atoms with Gasteiger partial charge >= 0.3 is 0 Å². The van der Waals surface area contributed by atoms with Gasteiger partial charge in [0.25, 0.3) is 0 Å². The van der Waals surface area contributed by atoms with E-state index in [-0.39, 0.29) is 11.4 Å². The number of benzene rings is 2. The van der Waals surface area contributed by atoms with Crippen LogP contribution in [0.3, 0.4) is 0 Å². The van der Waals surface area contributed by atoms with Crippen LogP contribution in [0.4, 0.5) is 16.0 Å². The number of aromatic nitrogens is 2. The molecule has 2 aromatic carbocycles. The molecule has 192 valence electrons. The van der Waals surface area contributed by atoms with E-state index in [9.17, 15) is 4.39 Å². The number of hydrogen-bond donors (Lipinski definition) is 1. The molecule has 0 bridgehead atoms. The molecular weight excluding hydrogens is 471 g/mol. The first kappa shape index (κ1) is 22.7. The normalized spacial score (nSPS) is 24.1. The van der Waals surface area contributed by atoms with Gasteiger partial charge in [0.15, 0.2) is 17.0 Å². The van der Waals surface area contributed by atoms with Crippen molar-refractivity contribution >= 4 is 11.6 Å². The van der Waals surface area contributed by atoms with Crippen molar-refractivity contribution in [3.05, 3.63) is 60.2 Å². The van der Waals surface area contributed by atoms with Crippen LogP contribution in [0, 0.1) is 5.82 Å². The molecule has 3 aromatic rings. The van der Waals surface area contributed by atoms with Crippen molar-refractivity contribution in [3.8, 4) is 22.6 Å². The number of halogens is 1. The summed E-state index contributed by atoms with van der Waals surface area (Å²) in [5.41, 5.74) is 9.36. The number of anilines is 2. The smallest absolute Gasteiger partial charge is 0.187 e. The highest BCUT2D eigenvalue weighted by atomic mass is 19.1. The number of fused-ring (bicyclic) bond motifs is 1. The van der Waals surface area contributed by atoms with E-state index >= 15 is 0 Å². The summed E-state index contributed by atoms with van der Waals surface area (Å²) in [4.78, 5) is 13.8. The fourth-order valence-corrected chi connectivity index (χ4v) is 6.53. The molecule has 0 aliphatic carbocycles. The minimum atomic E-state index is -0.274. The van der Waals surface area contributed by atoms with E-state index in [1.807, 2.05) is 0 Å². The predicted octanol–water partition coefficient (Wildman–Crippen LogP) is 2.89. The first-order valence-corrected chi connectivity index (χ1v) is 13.2. The van der Waals surface area contributed by atoms with Gasteiger partial charge < -0.3 is 24.6 Å². The van der Waals surface area contributed by atoms with E-state index in [0.717, 1.165) is 72.2 Å². The monoisotopic (exact) mass is 503 g/mol. The Balaban J connectivity index is 1.17. The van der Waals surface area contributed by atoms with Gasteiger partial charge in [-0.3, -0.25) is 4.90 Å². The maximum atomic E-state index is 13.6. The molecular formula is C28H32FN6O2+. The number of piperazine rings is 1. The standard InChI is InChI=1S/C28H32FN6O2/c29-22-5-2-20(3-6-22)25-26(30)31-19-32-27(25)34-10-12-35(13-11-34)18-28(35,17-33-8-1-9-33)21-4-7-23-24(16-21)37-15-14-36-23/h2-7,16,19H,1,8-15,17-18H2,(H2,30,31,32)/q+1/t28-/m0/s1. The summed E-state index contributed by atoms with van der Waals surface area (Å²) >= 11 is 0. The van der Waals surface area contributed by atoms with Crippen molar-refractivity contribution in [1.82, 2.24) is 14.9 Å². The fourth-order valence-electron chi connectivity index (χ4n) is 6.53. The minimum Gasteiger partial charge on any atom is -0.486 e. The van der Waals surface area contributed by atoms with Gasteiger partial charge in [0.05, 0.1) is 38.3 Å². The SMILES string of the molecule is Nc1ncnc(N2CC[N+]3(CC2)C[C@@]3(CN2CCC2)c2ccc3c(c2)OCCO3)c1-c1ccc(F)cc1. The molecule has 1 aromatic heterocycles. The molecule has 1 spiro atoms. The Morgan fingerprint density at radius 2 is 1.70 bits per heavy atom. The molecule has 0 unspecified atom stereocenters. The molecule has 7 rings (SSSR count). The third-order valence-electron chi connectivity index (χ3n) is 8.77. The second-order valence-corrected chi connectivity index (χ2v) is 10.7. The van der Waals surface area contributed by atoms with Gasteiger partial charge in [-0.05, 0) is 55.4 Å². The van der Waals surface area contributed by atoms with Gasteiger partial charge in [-0.15, -0.1) is 0 Å². The van der Waals surface area contributed by atoms with Crippen molar-refractivity contribution < 1.29 is 18.3 Å². The van der Waals surface area contributed by atoms with Gasteiger partial charge in [0.1, 0.15) is 43.5 Å². The van der Waals surface area contributed by atoms with Crippen LogP contribution in [0.2, 0.25) is 0 Å². The van der Waals surface area contributed by atoms with Gasteiger partial charge in [0.2, 0.25) is 0 Å². The number of nitrogens with zero attached hydrogens (tertiary/aromatic N) is 5. The summed E-state index contributed by atoms with van der Waals surface area (Å²) in [5.74, 6) is 2.69. The lowest BCUT2D eigenvalue weighted by atomic mass is 9.95. The van der Waals surface area contributed by atoms with Crippen molar-refractivity contribution in [2.45, 2.75) is 12.0 Å². The van der Waals surface area contributed by atoms with Crippen LogP contribution in [0.5, 0.6) is 11.5 Å². The molecule has 1 atom stereocenters. The lowest BCUT2D eigenvalue weighted by Crippen LogP contribution is -2.54. The van der Waals surface area contributed by atoms with Gasteiger partial charge in [-0.25, -0.2) is 14.4 Å². The number of likely N-dealkylation sites (tertiary alicyclic amines) is 1. The summed E-state index contributed by atoms with van der Waals surface area (Å²) in [5, 5.41) is 0. The Labute approximate surface area is 216 Å². The van der Waals surface area contributed by atoms with Crippen LogP contribution in [-0.4, -0.2) is 84.9 Å². The van der Waals surface area contributed by atoms with Crippen LogP contribution in [0.25, 0.3) is 11.1 Å². The summed E-state index contributed by atoms with van der Waals surface area (Å²) < 4.78 is 26.4. The summed E-state index contributed by atoms with van der Waals surface area (Å²) in [6, 6.07) is 13.0. The van der Waals surface area contributed by atoms with E-state index in [1.165, 1.54) is 43.5 Å². The molecule has 4 aliphatic heterocycles. The van der Waals surface area contributed by atoms with Gasteiger partial charge in [-0.2, -0.15) is 0 Å². The molecule has 0 saturated carbocycles. The molecule has 0 amide bonds. The largest absolute Gasteiger partial charge is 0.486 e. The molecule has 9 heteroatoms. The third-order valence-corrected chi connectivity index (χ3v) is 8.77. The first-order valence-electron chi connectivity index (χ1n) is 13.2. The van der Waals surface area contributed by atoms with E-state index in [0.29, 0.717) is 19.0 Å². The Morgan fingerprint density at radius 1 is 0.946 bits per heavy atom. The molecule has 5 heterocycles. The Hall–Kier alpha value is -3.43. The zero-order valence-corrected chi connectivity index (χ0v) is 20.9. The van der Waals surface area contributed by atoms with Crippen LogP contribution >= 0.6 is 0 Å². The quantitative estimate of drug-likeness (QED) is 0.424. The van der Waals surface area contributed by atoms with E-state index in [2.05, 4.69) is 38.0 Å². The maximum absolute atomic E-state index is 13.6. The molecule has 8 nitrogen and oxygen atoms in total. The van der Waals surface area contributed by atoms with Crippen LogP contribution in [0.15, 0.2) is 48.8 Å². The highest BCUT2D eigenvalue weighted by molar-refractivity contribution is 5.84. The summed E-state index contributed by atoms with van der Waals surface area (Å²) in [7, 11) is 0. The van der Waals surface area contributed by atoms with Gasteiger partial charge in [0, 0.05) is 5.56 Å². The Morgan fingerprint density at radius 3 is 2.43 bits per heavy atom. The Kier molecular flexibility index (Phi) is 5.26.